The third kappa shape index (κ3) is 3.71. The summed E-state index contributed by atoms with van der Waals surface area (Å²) in [5.41, 5.74) is 1.18. The molecule has 0 bridgehead atoms. The van der Waals surface area contributed by atoms with Gasteiger partial charge in [-0.25, -0.2) is 4.40 Å². The second-order valence-electron chi connectivity index (χ2n) is 5.54. The number of halogens is 2. The van der Waals surface area contributed by atoms with Gasteiger partial charge < -0.3 is 13.9 Å². The maximum atomic E-state index is 12.3. The zero-order valence-corrected chi connectivity index (χ0v) is 14.0. The summed E-state index contributed by atoms with van der Waals surface area (Å²) in [6.45, 7) is -2.49. The number of furan rings is 1. The van der Waals surface area contributed by atoms with Gasteiger partial charge in [-0.15, -0.1) is 10.2 Å². The number of rotatable bonds is 7. The Hall–Kier alpha value is -3.49. The molecule has 138 valence electrons. The summed E-state index contributed by atoms with van der Waals surface area (Å²) in [5.74, 6) is 1.85. The van der Waals surface area contributed by atoms with Gasteiger partial charge in [0.15, 0.2) is 11.5 Å². The Morgan fingerprint density at radius 3 is 2.67 bits per heavy atom. The molecule has 0 aliphatic rings. The van der Waals surface area contributed by atoms with Crippen molar-refractivity contribution in [1.82, 2.24) is 19.6 Å². The monoisotopic (exact) mass is 372 g/mol. The smallest absolute Gasteiger partial charge is 0.387 e. The Balaban J connectivity index is 1.59. The maximum Gasteiger partial charge on any atom is 0.387 e. The molecule has 0 spiro atoms. The number of alkyl halides is 2. The van der Waals surface area contributed by atoms with Crippen LogP contribution in [0.4, 0.5) is 8.78 Å². The Labute approximate surface area is 152 Å². The number of aromatic nitrogens is 4. The average molecular weight is 372 g/mol. The van der Waals surface area contributed by atoms with E-state index in [0.717, 1.165) is 5.76 Å². The van der Waals surface area contributed by atoms with Crippen molar-refractivity contribution in [3.63, 3.8) is 0 Å². The first-order chi connectivity index (χ1) is 13.2. The fourth-order valence-corrected chi connectivity index (χ4v) is 2.61. The third-order valence-corrected chi connectivity index (χ3v) is 3.80. The lowest BCUT2D eigenvalue weighted by Crippen LogP contribution is -2.05. The van der Waals surface area contributed by atoms with E-state index in [1.54, 1.807) is 35.2 Å². The predicted molar refractivity (Wildman–Crippen MR) is 90.8 cm³/mol. The second kappa shape index (κ2) is 7.40. The molecule has 4 aromatic rings. The lowest BCUT2D eigenvalue weighted by Gasteiger charge is -2.09. The highest BCUT2D eigenvalue weighted by molar-refractivity contribution is 5.61. The minimum atomic E-state index is -2.87. The highest BCUT2D eigenvalue weighted by Crippen LogP contribution is 2.25. The molecule has 0 aliphatic carbocycles. The fourth-order valence-electron chi connectivity index (χ4n) is 2.61. The molecule has 0 amide bonds. The van der Waals surface area contributed by atoms with Crippen LogP contribution < -0.4 is 9.47 Å². The Morgan fingerprint density at radius 1 is 1.07 bits per heavy atom. The maximum absolute atomic E-state index is 12.3. The number of fused-ring (bicyclic) bond motifs is 1. The highest BCUT2D eigenvalue weighted by Gasteiger charge is 2.14. The molecule has 0 unspecified atom stereocenters. The van der Waals surface area contributed by atoms with Gasteiger partial charge in [-0.05, 0) is 36.4 Å². The van der Waals surface area contributed by atoms with Gasteiger partial charge in [-0.2, -0.15) is 8.78 Å². The molecule has 0 aliphatic heterocycles. The summed E-state index contributed by atoms with van der Waals surface area (Å²) >= 11 is 0. The van der Waals surface area contributed by atoms with Gasteiger partial charge in [-0.3, -0.25) is 4.98 Å². The summed E-state index contributed by atoms with van der Waals surface area (Å²) in [4.78, 5) is 4.11. The summed E-state index contributed by atoms with van der Waals surface area (Å²) in [5, 5.41) is 8.25. The van der Waals surface area contributed by atoms with E-state index in [-0.39, 0.29) is 5.75 Å². The molecule has 0 saturated heterocycles. The summed E-state index contributed by atoms with van der Waals surface area (Å²) in [6.07, 6.45) is 5.33. The van der Waals surface area contributed by atoms with Crippen LogP contribution in [-0.2, 0) is 6.42 Å². The second-order valence-corrected chi connectivity index (χ2v) is 5.54. The molecule has 27 heavy (non-hydrogen) atoms. The lowest BCUT2D eigenvalue weighted by atomic mass is 10.2. The van der Waals surface area contributed by atoms with E-state index in [1.807, 2.05) is 12.1 Å². The van der Waals surface area contributed by atoms with Gasteiger partial charge in [0.25, 0.3) is 0 Å². The van der Waals surface area contributed by atoms with Crippen LogP contribution in [-0.4, -0.2) is 32.8 Å². The van der Waals surface area contributed by atoms with Crippen LogP contribution in [0, 0.1) is 0 Å². The van der Waals surface area contributed by atoms with Crippen molar-refractivity contribution >= 4 is 5.65 Å². The number of ether oxygens (including phenoxy) is 2. The Kier molecular flexibility index (Phi) is 4.65. The van der Waals surface area contributed by atoms with Crippen LogP contribution in [0.1, 0.15) is 5.76 Å². The SMILES string of the molecule is FC(F)Oc1ccc(-c2nnc3cncc(OCCc4ccco4)n23)cc1. The largest absolute Gasteiger partial charge is 0.477 e. The molecule has 9 heteroatoms. The van der Waals surface area contributed by atoms with Crippen molar-refractivity contribution < 1.29 is 22.7 Å². The highest BCUT2D eigenvalue weighted by atomic mass is 19.3. The Bertz CT molecular complexity index is 1020. The molecule has 0 N–H and O–H groups in total. The summed E-state index contributed by atoms with van der Waals surface area (Å²) < 4.78 is 41.8. The van der Waals surface area contributed by atoms with Gasteiger partial charge in [0.2, 0.25) is 5.88 Å². The van der Waals surface area contributed by atoms with Crippen LogP contribution in [0.5, 0.6) is 11.6 Å². The van der Waals surface area contributed by atoms with Gasteiger partial charge in [0.1, 0.15) is 11.5 Å². The zero-order chi connectivity index (χ0) is 18.6. The van der Waals surface area contributed by atoms with Crippen molar-refractivity contribution in [3.05, 3.63) is 60.8 Å². The molecule has 1 aromatic carbocycles. The van der Waals surface area contributed by atoms with Crippen LogP contribution in [0.15, 0.2) is 59.5 Å². The van der Waals surface area contributed by atoms with E-state index in [1.165, 1.54) is 12.1 Å². The predicted octanol–water partition coefficient (Wildman–Crippen LogP) is 3.61. The summed E-state index contributed by atoms with van der Waals surface area (Å²) in [6, 6.07) is 9.83. The van der Waals surface area contributed by atoms with Crippen LogP contribution in [0.3, 0.4) is 0 Å². The van der Waals surface area contributed by atoms with Gasteiger partial charge in [-0.1, -0.05) is 0 Å². The van der Waals surface area contributed by atoms with Crippen LogP contribution >= 0.6 is 0 Å². The van der Waals surface area contributed by atoms with Crippen molar-refractivity contribution in [2.75, 3.05) is 6.61 Å². The Morgan fingerprint density at radius 2 is 1.93 bits per heavy atom. The standard InChI is InChI=1S/C18H14F2N4O3/c19-18(20)27-14-5-3-12(4-6-14)17-23-22-15-10-21-11-16(24(15)17)26-9-7-13-2-1-8-25-13/h1-6,8,10-11,18H,7,9H2. The van der Waals surface area contributed by atoms with E-state index in [0.29, 0.717) is 35.9 Å². The zero-order valence-electron chi connectivity index (χ0n) is 14.0. The molecular formula is C18H14F2N4O3. The first kappa shape index (κ1) is 17.0. The lowest BCUT2D eigenvalue weighted by molar-refractivity contribution is -0.0498. The molecule has 7 nitrogen and oxygen atoms in total. The van der Waals surface area contributed by atoms with E-state index in [2.05, 4.69) is 19.9 Å². The third-order valence-electron chi connectivity index (χ3n) is 3.80. The first-order valence-electron chi connectivity index (χ1n) is 8.10. The average Bonchev–Trinajstić information content (AvgIpc) is 3.32. The van der Waals surface area contributed by atoms with Crippen molar-refractivity contribution in [2.24, 2.45) is 0 Å². The van der Waals surface area contributed by atoms with Crippen LogP contribution in [0.2, 0.25) is 0 Å². The van der Waals surface area contributed by atoms with Gasteiger partial charge in [0.05, 0.1) is 25.3 Å². The molecule has 4 rings (SSSR count). The number of hydrogen-bond donors (Lipinski definition) is 0. The summed E-state index contributed by atoms with van der Waals surface area (Å²) in [7, 11) is 0. The molecule has 0 fully saturated rings. The fraction of sp³-hybridized carbons (Fsp3) is 0.167. The van der Waals surface area contributed by atoms with Crippen molar-refractivity contribution in [3.8, 4) is 23.0 Å². The molecule has 0 atom stereocenters. The molecular weight excluding hydrogens is 358 g/mol. The van der Waals surface area contributed by atoms with E-state index < -0.39 is 6.61 Å². The molecule has 3 aromatic heterocycles. The minimum absolute atomic E-state index is 0.0687. The first-order valence-corrected chi connectivity index (χ1v) is 8.10. The van der Waals surface area contributed by atoms with Gasteiger partial charge >= 0.3 is 6.61 Å². The van der Waals surface area contributed by atoms with E-state index in [4.69, 9.17) is 9.15 Å². The molecule has 0 radical (unpaired) electrons. The molecule has 3 heterocycles. The minimum Gasteiger partial charge on any atom is -0.477 e. The quantitative estimate of drug-likeness (QED) is 0.493. The van der Waals surface area contributed by atoms with Gasteiger partial charge in [0, 0.05) is 12.0 Å². The van der Waals surface area contributed by atoms with Crippen LogP contribution in [0.25, 0.3) is 17.0 Å². The number of hydrogen-bond acceptors (Lipinski definition) is 6. The number of benzene rings is 1. The van der Waals surface area contributed by atoms with Crippen molar-refractivity contribution in [2.45, 2.75) is 13.0 Å². The number of nitrogens with zero attached hydrogens (tertiary/aromatic N) is 4. The topological polar surface area (TPSA) is 74.7 Å². The normalized spacial score (nSPS) is 11.2. The van der Waals surface area contributed by atoms with E-state index in [9.17, 15) is 8.78 Å². The molecule has 0 saturated carbocycles. The van der Waals surface area contributed by atoms with E-state index >= 15 is 0 Å². The van der Waals surface area contributed by atoms with Crippen molar-refractivity contribution in [1.29, 1.82) is 0 Å².